The van der Waals surface area contributed by atoms with Gasteiger partial charge in [0.1, 0.15) is 11.6 Å². The second-order valence-electron chi connectivity index (χ2n) is 4.24. The van der Waals surface area contributed by atoms with E-state index in [-0.39, 0.29) is 17.2 Å². The van der Waals surface area contributed by atoms with Gasteiger partial charge in [-0.05, 0) is 12.1 Å². The predicted molar refractivity (Wildman–Crippen MR) is 65.0 cm³/mol. The molecular weight excluding hydrogens is 261 g/mol. The molecule has 1 aromatic rings. The van der Waals surface area contributed by atoms with Gasteiger partial charge in [0.2, 0.25) is 0 Å². The lowest BCUT2D eigenvalue weighted by molar-refractivity contribution is 0.190. The lowest BCUT2D eigenvalue weighted by Crippen LogP contribution is -2.32. The summed E-state index contributed by atoms with van der Waals surface area (Å²) in [6.07, 6.45) is -1.03. The minimum atomic E-state index is -3.26. The molecule has 1 fully saturated rings. The summed E-state index contributed by atoms with van der Waals surface area (Å²) in [4.78, 5) is 0. The Balaban J connectivity index is 2.19. The zero-order valence-corrected chi connectivity index (χ0v) is 10.6. The Kier molecular flexibility index (Phi) is 3.45. The van der Waals surface area contributed by atoms with Crippen LogP contribution in [-0.4, -0.2) is 44.3 Å². The molecular formula is C11H14FNO4S. The molecule has 0 amide bonds. The molecule has 2 atom stereocenters. The normalized spacial score (nSPS) is 25.9. The fourth-order valence-corrected chi connectivity index (χ4v) is 3.65. The van der Waals surface area contributed by atoms with Crippen LogP contribution in [0.2, 0.25) is 0 Å². The van der Waals surface area contributed by atoms with Crippen LogP contribution in [0.15, 0.2) is 18.2 Å². The van der Waals surface area contributed by atoms with Crippen molar-refractivity contribution in [3.05, 3.63) is 24.0 Å². The van der Waals surface area contributed by atoms with Crippen LogP contribution < -0.4 is 10.1 Å². The molecule has 1 heterocycles. The number of hydrogen-bond donors (Lipinski definition) is 2. The third-order valence-corrected chi connectivity index (χ3v) is 4.55. The highest BCUT2D eigenvalue weighted by molar-refractivity contribution is 7.91. The van der Waals surface area contributed by atoms with Gasteiger partial charge in [-0.1, -0.05) is 0 Å². The van der Waals surface area contributed by atoms with Crippen LogP contribution in [-0.2, 0) is 9.84 Å². The molecule has 2 unspecified atom stereocenters. The first-order valence-corrected chi connectivity index (χ1v) is 7.22. The zero-order chi connectivity index (χ0) is 13.3. The Hall–Kier alpha value is -1.34. The fourth-order valence-electron chi connectivity index (χ4n) is 1.91. The average molecular weight is 275 g/mol. The summed E-state index contributed by atoms with van der Waals surface area (Å²) in [6, 6.07) is 3.41. The standard InChI is InChI=1S/C11H14FNO4S/c1-17-7-2-3-8(12)9(4-7)13-10-5-18(15,16)6-11(10)14/h2-4,10-11,13-14H,5-6H2,1H3. The molecule has 0 aliphatic carbocycles. The molecule has 0 saturated carbocycles. The molecule has 100 valence electrons. The van der Waals surface area contributed by atoms with Gasteiger partial charge in [0, 0.05) is 6.07 Å². The highest BCUT2D eigenvalue weighted by Gasteiger charge is 2.36. The van der Waals surface area contributed by atoms with E-state index in [4.69, 9.17) is 4.74 Å². The van der Waals surface area contributed by atoms with Gasteiger partial charge in [-0.3, -0.25) is 0 Å². The van der Waals surface area contributed by atoms with Crippen molar-refractivity contribution in [2.75, 3.05) is 23.9 Å². The van der Waals surface area contributed by atoms with Gasteiger partial charge in [-0.15, -0.1) is 0 Å². The van der Waals surface area contributed by atoms with E-state index in [9.17, 15) is 17.9 Å². The lowest BCUT2D eigenvalue weighted by atomic mass is 10.2. The lowest BCUT2D eigenvalue weighted by Gasteiger charge is -2.17. The maximum Gasteiger partial charge on any atom is 0.155 e. The minimum absolute atomic E-state index is 0.121. The van der Waals surface area contributed by atoms with Crippen molar-refractivity contribution in [1.29, 1.82) is 0 Å². The van der Waals surface area contributed by atoms with Crippen LogP contribution in [0.3, 0.4) is 0 Å². The highest BCUT2D eigenvalue weighted by atomic mass is 32.2. The van der Waals surface area contributed by atoms with Crippen LogP contribution >= 0.6 is 0 Å². The molecule has 0 aromatic heterocycles. The zero-order valence-electron chi connectivity index (χ0n) is 9.76. The van der Waals surface area contributed by atoms with E-state index in [1.165, 1.54) is 25.3 Å². The van der Waals surface area contributed by atoms with Crippen LogP contribution in [0.4, 0.5) is 10.1 Å². The van der Waals surface area contributed by atoms with Crippen LogP contribution in [0.5, 0.6) is 5.75 Å². The number of nitrogens with one attached hydrogen (secondary N) is 1. The fraction of sp³-hybridized carbons (Fsp3) is 0.455. The van der Waals surface area contributed by atoms with Gasteiger partial charge in [0.15, 0.2) is 9.84 Å². The molecule has 1 saturated heterocycles. The quantitative estimate of drug-likeness (QED) is 0.835. The Morgan fingerprint density at radius 2 is 2.17 bits per heavy atom. The van der Waals surface area contributed by atoms with Crippen molar-refractivity contribution < 1.29 is 22.7 Å². The van der Waals surface area contributed by atoms with Crippen LogP contribution in [0.1, 0.15) is 0 Å². The Morgan fingerprint density at radius 3 is 2.72 bits per heavy atom. The number of hydrogen-bond acceptors (Lipinski definition) is 5. The summed E-state index contributed by atoms with van der Waals surface area (Å²) < 4.78 is 41.1. The number of sulfone groups is 1. The molecule has 0 radical (unpaired) electrons. The van der Waals surface area contributed by atoms with Crippen molar-refractivity contribution in [2.24, 2.45) is 0 Å². The predicted octanol–water partition coefficient (Wildman–Crippen LogP) is 0.404. The summed E-state index contributed by atoms with van der Waals surface area (Å²) in [6.45, 7) is 0. The third kappa shape index (κ3) is 2.73. The summed E-state index contributed by atoms with van der Waals surface area (Å²) in [5.74, 6) is -0.567. The van der Waals surface area contributed by atoms with E-state index < -0.39 is 27.8 Å². The van der Waals surface area contributed by atoms with Gasteiger partial charge in [0.05, 0.1) is 36.4 Å². The highest BCUT2D eigenvalue weighted by Crippen LogP contribution is 2.24. The second kappa shape index (κ2) is 4.74. The first kappa shape index (κ1) is 13.1. The molecule has 7 heteroatoms. The van der Waals surface area contributed by atoms with Crippen molar-refractivity contribution >= 4 is 15.5 Å². The summed E-state index contributed by atoms with van der Waals surface area (Å²) >= 11 is 0. The van der Waals surface area contributed by atoms with Gasteiger partial charge < -0.3 is 15.2 Å². The number of benzene rings is 1. The number of halogens is 1. The monoisotopic (exact) mass is 275 g/mol. The number of anilines is 1. The van der Waals surface area contributed by atoms with E-state index in [1.54, 1.807) is 0 Å². The van der Waals surface area contributed by atoms with Gasteiger partial charge in [0.25, 0.3) is 0 Å². The number of rotatable bonds is 3. The number of aliphatic hydroxyl groups excluding tert-OH is 1. The molecule has 1 aliphatic rings. The maximum absolute atomic E-state index is 13.5. The number of aliphatic hydroxyl groups is 1. The van der Waals surface area contributed by atoms with Crippen molar-refractivity contribution in [3.8, 4) is 5.75 Å². The first-order valence-electron chi connectivity index (χ1n) is 5.40. The van der Waals surface area contributed by atoms with E-state index in [0.29, 0.717) is 5.75 Å². The maximum atomic E-state index is 13.5. The molecule has 0 spiro atoms. The molecule has 2 rings (SSSR count). The van der Waals surface area contributed by atoms with Gasteiger partial charge >= 0.3 is 0 Å². The molecule has 5 nitrogen and oxygen atoms in total. The van der Waals surface area contributed by atoms with E-state index in [2.05, 4.69) is 5.32 Å². The molecule has 1 aromatic carbocycles. The van der Waals surface area contributed by atoms with Crippen molar-refractivity contribution in [1.82, 2.24) is 0 Å². The topological polar surface area (TPSA) is 75.6 Å². The minimum Gasteiger partial charge on any atom is -0.497 e. The van der Waals surface area contributed by atoms with Crippen LogP contribution in [0, 0.1) is 5.82 Å². The largest absolute Gasteiger partial charge is 0.497 e. The second-order valence-corrected chi connectivity index (χ2v) is 6.39. The molecule has 0 bridgehead atoms. The van der Waals surface area contributed by atoms with Crippen molar-refractivity contribution in [3.63, 3.8) is 0 Å². The Morgan fingerprint density at radius 1 is 1.44 bits per heavy atom. The summed E-state index contributed by atoms with van der Waals surface area (Å²) in [5.41, 5.74) is 0.121. The smallest absolute Gasteiger partial charge is 0.155 e. The number of methoxy groups -OCH3 is 1. The van der Waals surface area contributed by atoms with Crippen molar-refractivity contribution in [2.45, 2.75) is 12.1 Å². The van der Waals surface area contributed by atoms with E-state index in [0.717, 1.165) is 0 Å². The van der Waals surface area contributed by atoms with E-state index in [1.807, 2.05) is 0 Å². The Labute approximate surface area is 104 Å². The van der Waals surface area contributed by atoms with E-state index >= 15 is 0 Å². The molecule has 18 heavy (non-hydrogen) atoms. The average Bonchev–Trinajstić information content (AvgIpc) is 2.55. The Bertz CT molecular complexity index is 546. The van der Waals surface area contributed by atoms with Gasteiger partial charge in [-0.2, -0.15) is 0 Å². The number of ether oxygens (including phenoxy) is 1. The summed E-state index contributed by atoms with van der Waals surface area (Å²) in [7, 11) is -1.81. The van der Waals surface area contributed by atoms with Crippen LogP contribution in [0.25, 0.3) is 0 Å². The van der Waals surface area contributed by atoms with Gasteiger partial charge in [-0.25, -0.2) is 12.8 Å². The third-order valence-electron chi connectivity index (χ3n) is 2.84. The SMILES string of the molecule is COc1ccc(F)c(NC2CS(=O)(=O)CC2O)c1. The first-order chi connectivity index (χ1) is 8.41. The molecule has 2 N–H and O–H groups in total. The molecule has 1 aliphatic heterocycles. The summed E-state index contributed by atoms with van der Waals surface area (Å²) in [5, 5.41) is 12.3.